The van der Waals surface area contributed by atoms with Gasteiger partial charge in [-0.25, -0.2) is 0 Å². The quantitative estimate of drug-likeness (QED) is 0.806. The second kappa shape index (κ2) is 6.65. The molecule has 0 radical (unpaired) electrons. The summed E-state index contributed by atoms with van der Waals surface area (Å²) in [5, 5.41) is 10.5. The Morgan fingerprint density at radius 1 is 1.13 bits per heavy atom. The molecule has 3 fully saturated rings. The third-order valence-electron chi connectivity index (χ3n) is 7.29. The Labute approximate surface area is 142 Å². The van der Waals surface area contributed by atoms with Crippen molar-refractivity contribution < 1.29 is 9.84 Å². The summed E-state index contributed by atoms with van der Waals surface area (Å²) in [6.45, 7) is 8.37. The normalized spacial score (nSPS) is 38.3. The van der Waals surface area contributed by atoms with Crippen molar-refractivity contribution in [3.8, 4) is 0 Å². The molecule has 0 aromatic rings. The number of ether oxygens (including phenoxy) is 1. The Morgan fingerprint density at radius 3 is 2.43 bits per heavy atom. The molecule has 0 heterocycles. The van der Waals surface area contributed by atoms with E-state index in [0.29, 0.717) is 24.2 Å². The molecule has 0 saturated heterocycles. The molecule has 23 heavy (non-hydrogen) atoms. The van der Waals surface area contributed by atoms with Crippen molar-refractivity contribution in [1.82, 2.24) is 4.90 Å². The summed E-state index contributed by atoms with van der Waals surface area (Å²) < 4.78 is 6.33. The van der Waals surface area contributed by atoms with Crippen LogP contribution in [0.15, 0.2) is 0 Å². The van der Waals surface area contributed by atoms with E-state index in [2.05, 4.69) is 32.7 Å². The predicted molar refractivity (Wildman–Crippen MR) is 94.5 cm³/mol. The first-order valence-electron chi connectivity index (χ1n) is 9.83. The van der Waals surface area contributed by atoms with E-state index in [1.807, 2.05) is 0 Å². The van der Waals surface area contributed by atoms with Gasteiger partial charge in [-0.1, -0.05) is 40.0 Å². The highest BCUT2D eigenvalue weighted by atomic mass is 16.5. The van der Waals surface area contributed by atoms with Crippen molar-refractivity contribution in [3.05, 3.63) is 0 Å². The summed E-state index contributed by atoms with van der Waals surface area (Å²) in [7, 11) is 2.17. The van der Waals surface area contributed by atoms with Gasteiger partial charge in [0.05, 0.1) is 18.8 Å². The Balaban J connectivity index is 1.48. The van der Waals surface area contributed by atoms with Gasteiger partial charge in [0.25, 0.3) is 0 Å². The molecule has 2 bridgehead atoms. The fourth-order valence-electron chi connectivity index (χ4n) is 5.94. The van der Waals surface area contributed by atoms with Crippen molar-refractivity contribution in [1.29, 1.82) is 0 Å². The SMILES string of the molecule is CN(C[C@@H](O)CO[C@@H]1C(C)(C)[C@@H]2CC[C@@]1(C)C2)C1CCCCC1. The monoisotopic (exact) mass is 323 g/mol. The van der Waals surface area contributed by atoms with Gasteiger partial charge in [-0.15, -0.1) is 0 Å². The number of fused-ring (bicyclic) bond motifs is 2. The largest absolute Gasteiger partial charge is 0.389 e. The van der Waals surface area contributed by atoms with Crippen molar-refractivity contribution in [3.63, 3.8) is 0 Å². The fourth-order valence-corrected chi connectivity index (χ4v) is 5.94. The molecule has 3 aliphatic carbocycles. The van der Waals surface area contributed by atoms with Crippen LogP contribution in [0.25, 0.3) is 0 Å². The summed E-state index contributed by atoms with van der Waals surface area (Å²) in [5.41, 5.74) is 0.602. The molecule has 0 aromatic carbocycles. The Hall–Kier alpha value is -0.120. The summed E-state index contributed by atoms with van der Waals surface area (Å²) in [4.78, 5) is 2.36. The first-order valence-corrected chi connectivity index (χ1v) is 9.83. The van der Waals surface area contributed by atoms with Crippen LogP contribution in [0.3, 0.4) is 0 Å². The second-order valence-corrected chi connectivity index (χ2v) is 9.51. The number of aliphatic hydroxyl groups excluding tert-OH is 1. The molecule has 4 atom stereocenters. The summed E-state index contributed by atoms with van der Waals surface area (Å²) in [6, 6.07) is 0.662. The summed E-state index contributed by atoms with van der Waals surface area (Å²) in [5.74, 6) is 0.805. The molecular weight excluding hydrogens is 286 g/mol. The molecule has 0 amide bonds. The van der Waals surface area contributed by atoms with Gasteiger partial charge in [-0.3, -0.25) is 0 Å². The number of nitrogens with zero attached hydrogens (tertiary/aromatic N) is 1. The highest BCUT2D eigenvalue weighted by molar-refractivity contribution is 5.09. The number of hydrogen-bond donors (Lipinski definition) is 1. The summed E-state index contributed by atoms with van der Waals surface area (Å²) in [6.07, 6.45) is 10.6. The van der Waals surface area contributed by atoms with Gasteiger partial charge < -0.3 is 14.7 Å². The van der Waals surface area contributed by atoms with Crippen LogP contribution in [0.4, 0.5) is 0 Å². The number of hydrogen-bond acceptors (Lipinski definition) is 3. The fraction of sp³-hybridized carbons (Fsp3) is 1.00. The van der Waals surface area contributed by atoms with Crippen LogP contribution in [0.5, 0.6) is 0 Å². The molecule has 3 nitrogen and oxygen atoms in total. The van der Waals surface area contributed by atoms with E-state index in [-0.39, 0.29) is 11.5 Å². The van der Waals surface area contributed by atoms with Gasteiger partial charge >= 0.3 is 0 Å². The van der Waals surface area contributed by atoms with Crippen molar-refractivity contribution in [2.45, 2.75) is 90.4 Å². The van der Waals surface area contributed by atoms with Crippen molar-refractivity contribution in [2.75, 3.05) is 20.2 Å². The van der Waals surface area contributed by atoms with Crippen LogP contribution in [-0.2, 0) is 4.74 Å². The van der Waals surface area contributed by atoms with Crippen LogP contribution in [0, 0.1) is 16.7 Å². The third-order valence-corrected chi connectivity index (χ3v) is 7.29. The average Bonchev–Trinajstić information content (AvgIpc) is 2.98. The molecular formula is C20H37NO2. The van der Waals surface area contributed by atoms with E-state index in [1.54, 1.807) is 0 Å². The second-order valence-electron chi connectivity index (χ2n) is 9.51. The zero-order chi connectivity index (χ0) is 16.7. The zero-order valence-corrected chi connectivity index (χ0v) is 15.7. The number of aliphatic hydroxyl groups is 1. The Bertz CT molecular complexity index is 400. The maximum atomic E-state index is 10.5. The highest BCUT2D eigenvalue weighted by Gasteiger charge is 2.60. The zero-order valence-electron chi connectivity index (χ0n) is 15.7. The van der Waals surface area contributed by atoms with Gasteiger partial charge in [0.2, 0.25) is 0 Å². The predicted octanol–water partition coefficient (Wildman–Crippen LogP) is 3.84. The van der Waals surface area contributed by atoms with Crippen LogP contribution in [0.2, 0.25) is 0 Å². The van der Waals surface area contributed by atoms with Gasteiger partial charge in [0.1, 0.15) is 0 Å². The molecule has 1 N–H and O–H groups in total. The Morgan fingerprint density at radius 2 is 1.83 bits per heavy atom. The minimum absolute atomic E-state index is 0.266. The molecule has 3 rings (SSSR count). The number of rotatable bonds is 6. The van der Waals surface area contributed by atoms with Crippen molar-refractivity contribution >= 4 is 0 Å². The first-order chi connectivity index (χ1) is 10.8. The minimum Gasteiger partial charge on any atom is -0.389 e. The number of likely N-dealkylation sites (N-methyl/N-ethyl adjacent to an activating group) is 1. The lowest BCUT2D eigenvalue weighted by molar-refractivity contribution is -0.114. The third kappa shape index (κ3) is 3.48. The first kappa shape index (κ1) is 17.7. The molecule has 134 valence electrons. The molecule has 3 saturated carbocycles. The molecule has 3 heteroatoms. The smallest absolute Gasteiger partial charge is 0.0900 e. The van der Waals surface area contributed by atoms with Crippen LogP contribution in [-0.4, -0.2) is 48.5 Å². The lowest BCUT2D eigenvalue weighted by atomic mass is 9.70. The molecule has 0 aromatic heterocycles. The van der Waals surface area contributed by atoms with E-state index < -0.39 is 0 Å². The molecule has 0 aliphatic heterocycles. The van der Waals surface area contributed by atoms with Crippen molar-refractivity contribution in [2.24, 2.45) is 16.7 Å². The lowest BCUT2D eigenvalue weighted by Gasteiger charge is -2.43. The highest BCUT2D eigenvalue weighted by Crippen LogP contribution is 2.63. The maximum absolute atomic E-state index is 10.5. The molecule has 0 spiro atoms. The summed E-state index contributed by atoms with van der Waals surface area (Å²) >= 11 is 0. The topological polar surface area (TPSA) is 32.7 Å². The van der Waals surface area contributed by atoms with E-state index in [1.165, 1.54) is 51.4 Å². The van der Waals surface area contributed by atoms with E-state index in [0.717, 1.165) is 12.5 Å². The maximum Gasteiger partial charge on any atom is 0.0900 e. The van der Waals surface area contributed by atoms with Crippen LogP contribution >= 0.6 is 0 Å². The minimum atomic E-state index is -0.361. The standard InChI is InChI=1S/C20H37NO2/c1-19(2)15-10-11-20(3,12-15)18(19)23-14-17(22)13-21(4)16-8-6-5-7-9-16/h15-18,22H,5-14H2,1-4H3/t15-,17-,18-,20+/m1/s1. The van der Waals surface area contributed by atoms with Gasteiger partial charge in [0.15, 0.2) is 0 Å². The van der Waals surface area contributed by atoms with E-state index in [9.17, 15) is 5.11 Å². The Kier molecular flexibility index (Phi) is 5.11. The van der Waals surface area contributed by atoms with Gasteiger partial charge in [-0.05, 0) is 55.9 Å². The van der Waals surface area contributed by atoms with Gasteiger partial charge in [-0.2, -0.15) is 0 Å². The van der Waals surface area contributed by atoms with E-state index in [4.69, 9.17) is 4.74 Å². The van der Waals surface area contributed by atoms with Gasteiger partial charge in [0, 0.05) is 12.6 Å². The van der Waals surface area contributed by atoms with Crippen LogP contribution in [0.1, 0.15) is 72.1 Å². The molecule has 0 unspecified atom stereocenters. The van der Waals surface area contributed by atoms with Crippen LogP contribution < -0.4 is 0 Å². The molecule has 3 aliphatic rings. The average molecular weight is 324 g/mol. The lowest BCUT2D eigenvalue weighted by Crippen LogP contribution is -2.45. The van der Waals surface area contributed by atoms with E-state index >= 15 is 0 Å².